The van der Waals surface area contributed by atoms with Crippen molar-refractivity contribution >= 4 is 40.5 Å². The second-order valence-electron chi connectivity index (χ2n) is 4.09. The van der Waals surface area contributed by atoms with Crippen molar-refractivity contribution in [3.63, 3.8) is 0 Å². The predicted octanol–water partition coefficient (Wildman–Crippen LogP) is 0.890. The summed E-state index contributed by atoms with van der Waals surface area (Å²) in [5, 5.41) is 4.13. The minimum Gasteiger partial charge on any atom is -0.383 e. The lowest BCUT2D eigenvalue weighted by Crippen LogP contribution is -2.04. The summed E-state index contributed by atoms with van der Waals surface area (Å²) in [7, 11) is 0. The number of hydrogen-bond acceptors (Lipinski definition) is 9. The molecule has 3 aromatic heterocycles. The van der Waals surface area contributed by atoms with Crippen LogP contribution in [0.3, 0.4) is 0 Å². The van der Waals surface area contributed by atoms with Crippen molar-refractivity contribution < 1.29 is 0 Å². The Labute approximate surface area is 124 Å². The highest BCUT2D eigenvalue weighted by molar-refractivity contribution is 7.99. The van der Waals surface area contributed by atoms with E-state index in [1.807, 2.05) is 6.92 Å². The van der Waals surface area contributed by atoms with Crippen LogP contribution in [-0.2, 0) is 0 Å². The second kappa shape index (κ2) is 5.40. The standard InChI is InChI=1S/C11H13N9S/c1-2-14-10-19-8-7(15-4-16-8)9(20-10)21-11-17-5(12)3-6(13)18-11/h3-4H,2H2,1H3,(H4,12,13,17,18)(H2,14,15,16,19,20). The lowest BCUT2D eigenvalue weighted by atomic mass is 10.5. The molecule has 10 heteroatoms. The number of nitrogen functional groups attached to an aromatic ring is 2. The number of imidazole rings is 1. The van der Waals surface area contributed by atoms with Gasteiger partial charge >= 0.3 is 0 Å². The van der Waals surface area contributed by atoms with Crippen LogP contribution in [0.15, 0.2) is 22.6 Å². The summed E-state index contributed by atoms with van der Waals surface area (Å²) in [5.74, 6) is 1.12. The molecule has 0 bridgehead atoms. The van der Waals surface area contributed by atoms with Crippen LogP contribution in [-0.4, -0.2) is 36.4 Å². The molecular formula is C11H13N9S. The number of aromatic nitrogens is 6. The molecule has 6 N–H and O–H groups in total. The maximum absolute atomic E-state index is 5.67. The van der Waals surface area contributed by atoms with Crippen molar-refractivity contribution in [1.82, 2.24) is 29.9 Å². The maximum atomic E-state index is 5.67. The average Bonchev–Trinajstić information content (AvgIpc) is 2.86. The Bertz CT molecular complexity index is 764. The van der Waals surface area contributed by atoms with Crippen molar-refractivity contribution in [3.05, 3.63) is 12.4 Å². The van der Waals surface area contributed by atoms with Gasteiger partial charge in [-0.2, -0.15) is 4.98 Å². The topological polar surface area (TPSA) is 144 Å². The molecule has 0 radical (unpaired) electrons. The van der Waals surface area contributed by atoms with E-state index < -0.39 is 0 Å². The Hall–Kier alpha value is -2.62. The minimum absolute atomic E-state index is 0.312. The van der Waals surface area contributed by atoms with Gasteiger partial charge in [0.2, 0.25) is 5.95 Å². The van der Waals surface area contributed by atoms with Gasteiger partial charge in [-0.25, -0.2) is 19.9 Å². The van der Waals surface area contributed by atoms with Crippen LogP contribution in [0.4, 0.5) is 17.6 Å². The van der Waals surface area contributed by atoms with Crippen molar-refractivity contribution in [3.8, 4) is 0 Å². The molecule has 0 fully saturated rings. The molecule has 9 nitrogen and oxygen atoms in total. The second-order valence-corrected chi connectivity index (χ2v) is 5.04. The molecule has 0 aliphatic carbocycles. The quantitative estimate of drug-likeness (QED) is 0.408. The van der Waals surface area contributed by atoms with E-state index in [4.69, 9.17) is 11.5 Å². The SMILES string of the molecule is CCNc1nc(Sc2nc(N)cc(N)n2)c2[nH]cnc2n1. The number of hydrogen-bond donors (Lipinski definition) is 4. The number of aromatic amines is 1. The summed E-state index contributed by atoms with van der Waals surface area (Å²) in [6.45, 7) is 2.67. The van der Waals surface area contributed by atoms with E-state index in [1.165, 1.54) is 17.8 Å². The van der Waals surface area contributed by atoms with Gasteiger partial charge in [0.1, 0.15) is 22.2 Å². The number of nitrogens with two attached hydrogens (primary N) is 2. The smallest absolute Gasteiger partial charge is 0.225 e. The molecule has 0 spiro atoms. The van der Waals surface area contributed by atoms with E-state index in [9.17, 15) is 0 Å². The van der Waals surface area contributed by atoms with Gasteiger partial charge in [-0.1, -0.05) is 0 Å². The van der Waals surface area contributed by atoms with Gasteiger partial charge < -0.3 is 21.8 Å². The molecule has 3 heterocycles. The number of nitrogens with one attached hydrogen (secondary N) is 2. The fraction of sp³-hybridized carbons (Fsp3) is 0.182. The van der Waals surface area contributed by atoms with Crippen LogP contribution in [0.1, 0.15) is 6.92 Å². The predicted molar refractivity (Wildman–Crippen MR) is 80.8 cm³/mol. The van der Waals surface area contributed by atoms with Crippen molar-refractivity contribution in [1.29, 1.82) is 0 Å². The first kappa shape index (κ1) is 13.4. The summed E-state index contributed by atoms with van der Waals surface area (Å²) in [6, 6.07) is 1.50. The molecule has 0 unspecified atom stereocenters. The van der Waals surface area contributed by atoms with Gasteiger partial charge in [-0.3, -0.25) is 0 Å². The largest absolute Gasteiger partial charge is 0.383 e. The zero-order valence-electron chi connectivity index (χ0n) is 11.2. The third-order valence-electron chi connectivity index (χ3n) is 2.52. The molecule has 0 aliphatic rings. The van der Waals surface area contributed by atoms with E-state index in [1.54, 1.807) is 6.33 Å². The average molecular weight is 303 g/mol. The Balaban J connectivity index is 2.04. The van der Waals surface area contributed by atoms with Crippen LogP contribution in [0.5, 0.6) is 0 Å². The Morgan fingerprint density at radius 3 is 2.67 bits per heavy atom. The van der Waals surface area contributed by atoms with Crippen molar-refractivity contribution in [2.45, 2.75) is 17.1 Å². The van der Waals surface area contributed by atoms with Crippen molar-refractivity contribution in [2.24, 2.45) is 0 Å². The fourth-order valence-electron chi connectivity index (χ4n) is 1.71. The number of H-pyrrole nitrogens is 1. The zero-order valence-corrected chi connectivity index (χ0v) is 12.0. The van der Waals surface area contributed by atoms with Gasteiger partial charge in [0.15, 0.2) is 10.8 Å². The third-order valence-corrected chi connectivity index (χ3v) is 3.37. The van der Waals surface area contributed by atoms with Crippen LogP contribution in [0, 0.1) is 0 Å². The van der Waals surface area contributed by atoms with Gasteiger partial charge in [0.05, 0.1) is 6.33 Å². The van der Waals surface area contributed by atoms with E-state index in [2.05, 4.69) is 35.2 Å². The third kappa shape index (κ3) is 2.79. The molecule has 108 valence electrons. The Kier molecular flexibility index (Phi) is 3.44. The summed E-state index contributed by atoms with van der Waals surface area (Å²) < 4.78 is 0. The highest BCUT2D eigenvalue weighted by atomic mass is 32.2. The van der Waals surface area contributed by atoms with E-state index in [-0.39, 0.29) is 0 Å². The van der Waals surface area contributed by atoms with Crippen LogP contribution in [0.25, 0.3) is 11.2 Å². The van der Waals surface area contributed by atoms with Crippen LogP contribution < -0.4 is 16.8 Å². The van der Waals surface area contributed by atoms with E-state index >= 15 is 0 Å². The monoisotopic (exact) mass is 303 g/mol. The van der Waals surface area contributed by atoms with Crippen LogP contribution >= 0.6 is 11.8 Å². The first-order chi connectivity index (χ1) is 10.2. The first-order valence-electron chi connectivity index (χ1n) is 6.18. The molecule has 0 aliphatic heterocycles. The number of nitrogens with zero attached hydrogens (tertiary/aromatic N) is 5. The van der Waals surface area contributed by atoms with E-state index in [0.717, 1.165) is 0 Å². The number of fused-ring (bicyclic) bond motifs is 1. The summed E-state index contributed by atoms with van der Waals surface area (Å²) in [5.41, 5.74) is 12.6. The fourth-order valence-corrected chi connectivity index (χ4v) is 2.57. The van der Waals surface area contributed by atoms with Gasteiger partial charge in [-0.05, 0) is 18.7 Å². The molecular weight excluding hydrogens is 290 g/mol. The van der Waals surface area contributed by atoms with Gasteiger partial charge in [0, 0.05) is 12.6 Å². The molecule has 0 aromatic carbocycles. The number of rotatable bonds is 4. The lowest BCUT2D eigenvalue weighted by molar-refractivity contribution is 0.974. The van der Waals surface area contributed by atoms with Crippen molar-refractivity contribution in [2.75, 3.05) is 23.3 Å². The minimum atomic E-state index is 0.312. The molecule has 0 amide bonds. The van der Waals surface area contributed by atoms with Gasteiger partial charge in [-0.15, -0.1) is 0 Å². The number of anilines is 3. The van der Waals surface area contributed by atoms with E-state index in [0.29, 0.717) is 45.5 Å². The molecule has 3 rings (SSSR count). The molecule has 3 aromatic rings. The molecule has 0 saturated heterocycles. The highest BCUT2D eigenvalue weighted by Crippen LogP contribution is 2.29. The van der Waals surface area contributed by atoms with Gasteiger partial charge in [0.25, 0.3) is 0 Å². The summed E-state index contributed by atoms with van der Waals surface area (Å²) in [6.07, 6.45) is 1.56. The molecule has 21 heavy (non-hydrogen) atoms. The molecule has 0 saturated carbocycles. The highest BCUT2D eigenvalue weighted by Gasteiger charge is 2.13. The zero-order chi connectivity index (χ0) is 14.8. The molecule has 0 atom stereocenters. The Morgan fingerprint density at radius 2 is 1.95 bits per heavy atom. The maximum Gasteiger partial charge on any atom is 0.225 e. The first-order valence-corrected chi connectivity index (χ1v) is 7.00. The summed E-state index contributed by atoms with van der Waals surface area (Å²) >= 11 is 1.25. The Morgan fingerprint density at radius 1 is 1.19 bits per heavy atom. The lowest BCUT2D eigenvalue weighted by Gasteiger charge is -2.06. The van der Waals surface area contributed by atoms with Crippen LogP contribution in [0.2, 0.25) is 0 Å². The summed E-state index contributed by atoms with van der Waals surface area (Å²) in [4.78, 5) is 24.1. The normalized spacial score (nSPS) is 10.9.